The first-order chi connectivity index (χ1) is 17.0. The van der Waals surface area contributed by atoms with Crippen LogP contribution in [0.3, 0.4) is 0 Å². The Morgan fingerprint density at radius 2 is 2.20 bits per heavy atom. The zero-order valence-electron chi connectivity index (χ0n) is 20.2. The molecule has 1 N–H and O–H groups in total. The van der Waals surface area contributed by atoms with E-state index in [1.165, 1.54) is 19.6 Å². The number of hydrogen-bond donors (Lipinski definition) is 1. The molecule has 1 unspecified atom stereocenters. The first kappa shape index (κ1) is 24.2. The van der Waals surface area contributed by atoms with E-state index in [9.17, 15) is 14.9 Å². The number of benzene rings is 1. The molecule has 9 nitrogen and oxygen atoms in total. The number of methoxy groups -OCH3 is 1. The van der Waals surface area contributed by atoms with Crippen LogP contribution >= 0.6 is 0 Å². The van der Waals surface area contributed by atoms with Crippen LogP contribution in [0.2, 0.25) is 0 Å². The summed E-state index contributed by atoms with van der Waals surface area (Å²) < 4.78 is 5.13. The number of carbonyl (C=O) groups is 2. The van der Waals surface area contributed by atoms with Gasteiger partial charge in [-0.25, -0.2) is 4.99 Å². The number of carbonyl (C=O) groups excluding carboxylic acids is 2. The van der Waals surface area contributed by atoms with Crippen LogP contribution in [0, 0.1) is 11.3 Å². The van der Waals surface area contributed by atoms with Gasteiger partial charge in [-0.2, -0.15) is 5.26 Å². The van der Waals surface area contributed by atoms with Crippen molar-refractivity contribution in [1.82, 2.24) is 9.80 Å². The monoisotopic (exact) mass is 474 g/mol. The minimum Gasteiger partial charge on any atom is -0.486 e. The Balaban J connectivity index is 1.68. The van der Waals surface area contributed by atoms with Gasteiger partial charge in [0.25, 0.3) is 0 Å². The van der Waals surface area contributed by atoms with Crippen molar-refractivity contribution in [3.63, 3.8) is 0 Å². The van der Waals surface area contributed by atoms with E-state index in [0.717, 1.165) is 28.4 Å². The summed E-state index contributed by atoms with van der Waals surface area (Å²) in [5, 5.41) is 12.4. The molecule has 0 aromatic heterocycles. The lowest BCUT2D eigenvalue weighted by atomic mass is 9.69. The molecule has 1 aromatic carbocycles. The summed E-state index contributed by atoms with van der Waals surface area (Å²) in [6.07, 6.45) is 4.58. The Morgan fingerprint density at radius 1 is 1.40 bits per heavy atom. The lowest BCUT2D eigenvalue weighted by Crippen LogP contribution is -2.56. The fraction of sp³-hybridized carbons (Fsp3) is 0.423. The molecule has 3 aliphatic rings. The number of nitrogens with one attached hydrogen (secondary N) is 1. The summed E-state index contributed by atoms with van der Waals surface area (Å²) >= 11 is 0. The molecule has 1 aromatic rings. The highest BCUT2D eigenvalue weighted by Crippen LogP contribution is 2.49. The SMILES string of the molecule is C=CC(=O)N1CCN(C(=NC)C2=C(N=COC)CC3(CC2)C(=O)Nc2ccccc23)C[C@@H]1CC#N. The maximum absolute atomic E-state index is 13.2. The zero-order valence-corrected chi connectivity index (χ0v) is 20.2. The molecule has 2 aliphatic heterocycles. The lowest BCUT2D eigenvalue weighted by Gasteiger charge is -2.43. The molecule has 2 amide bonds. The number of aliphatic imine (C=N–C) groups is 2. The van der Waals surface area contributed by atoms with E-state index < -0.39 is 5.41 Å². The van der Waals surface area contributed by atoms with E-state index in [4.69, 9.17) is 4.74 Å². The van der Waals surface area contributed by atoms with Crippen LogP contribution < -0.4 is 5.32 Å². The van der Waals surface area contributed by atoms with Gasteiger partial charge in [-0.05, 0) is 30.5 Å². The summed E-state index contributed by atoms with van der Waals surface area (Å²) in [4.78, 5) is 38.5. The molecule has 1 aliphatic carbocycles. The second-order valence-corrected chi connectivity index (χ2v) is 8.90. The number of nitrogens with zero attached hydrogens (tertiary/aromatic N) is 5. The highest BCUT2D eigenvalue weighted by Gasteiger charge is 2.49. The normalized spacial score (nSPS) is 24.4. The minimum atomic E-state index is -0.683. The minimum absolute atomic E-state index is 0.0107. The number of ether oxygens (including phenoxy) is 1. The van der Waals surface area contributed by atoms with E-state index in [0.29, 0.717) is 38.9 Å². The number of allylic oxidation sites excluding steroid dienone is 1. The third-order valence-electron chi connectivity index (χ3n) is 7.11. The second-order valence-electron chi connectivity index (χ2n) is 8.90. The summed E-state index contributed by atoms with van der Waals surface area (Å²) in [6.45, 7) is 5.12. The van der Waals surface area contributed by atoms with Gasteiger partial charge in [0.05, 0.1) is 36.8 Å². The number of para-hydroxylation sites is 1. The number of piperazine rings is 1. The zero-order chi connectivity index (χ0) is 25.0. The quantitative estimate of drug-likeness (QED) is 0.401. The van der Waals surface area contributed by atoms with Crippen molar-refractivity contribution in [1.29, 1.82) is 5.26 Å². The Kier molecular flexibility index (Phi) is 7.01. The van der Waals surface area contributed by atoms with Gasteiger partial charge in [0.1, 0.15) is 5.84 Å². The van der Waals surface area contributed by atoms with Crippen molar-refractivity contribution in [2.75, 3.05) is 39.1 Å². The van der Waals surface area contributed by atoms with Crippen LogP contribution in [0.4, 0.5) is 5.69 Å². The van der Waals surface area contributed by atoms with Gasteiger partial charge in [0.2, 0.25) is 11.8 Å². The predicted molar refractivity (Wildman–Crippen MR) is 134 cm³/mol. The number of hydrogen-bond acceptors (Lipinski definition) is 6. The van der Waals surface area contributed by atoms with Crippen molar-refractivity contribution in [2.45, 2.75) is 37.1 Å². The van der Waals surface area contributed by atoms with Crippen LogP contribution in [0.25, 0.3) is 0 Å². The third-order valence-corrected chi connectivity index (χ3v) is 7.11. The molecule has 182 valence electrons. The molecule has 2 atom stereocenters. The molecule has 9 heteroatoms. The fourth-order valence-corrected chi connectivity index (χ4v) is 5.44. The number of rotatable bonds is 5. The Morgan fingerprint density at radius 3 is 2.91 bits per heavy atom. The first-order valence-electron chi connectivity index (χ1n) is 11.7. The highest BCUT2D eigenvalue weighted by atomic mass is 16.5. The highest BCUT2D eigenvalue weighted by molar-refractivity contribution is 6.07. The number of fused-ring (bicyclic) bond motifs is 2. The summed E-state index contributed by atoms with van der Waals surface area (Å²) in [5.41, 5.74) is 2.88. The Bertz CT molecular complexity index is 1160. The number of amides is 2. The molecule has 0 saturated carbocycles. The number of amidine groups is 1. The van der Waals surface area contributed by atoms with Gasteiger partial charge >= 0.3 is 0 Å². The standard InChI is InChI=1S/C26H30N6O3/c1-4-23(33)32-14-13-31(16-18(32)10-12-27)24(28-2)19-9-11-26(15-22(19)29-17-35-3)20-7-5-6-8-21(20)30-25(26)34/h4-8,17-18H,1,9-11,13-16H2,2-3H3,(H,30,34)/t18-,26?/m0/s1. The van der Waals surface area contributed by atoms with Gasteiger partial charge in [-0.1, -0.05) is 24.8 Å². The third kappa shape index (κ3) is 4.32. The molecule has 0 radical (unpaired) electrons. The topological polar surface area (TPSA) is 110 Å². The molecule has 1 spiro atoms. The van der Waals surface area contributed by atoms with E-state index in [1.54, 1.807) is 11.9 Å². The van der Waals surface area contributed by atoms with E-state index in [1.807, 2.05) is 24.3 Å². The van der Waals surface area contributed by atoms with Gasteiger partial charge in [-0.3, -0.25) is 14.6 Å². The number of nitriles is 1. The van der Waals surface area contributed by atoms with E-state index in [2.05, 4.69) is 32.8 Å². The lowest BCUT2D eigenvalue weighted by molar-refractivity contribution is -0.130. The van der Waals surface area contributed by atoms with Crippen molar-refractivity contribution in [3.8, 4) is 6.07 Å². The molecule has 1 saturated heterocycles. The molecular formula is C26H30N6O3. The van der Waals surface area contributed by atoms with Crippen LogP contribution in [-0.4, -0.2) is 73.7 Å². The molecular weight excluding hydrogens is 444 g/mol. The van der Waals surface area contributed by atoms with E-state index in [-0.39, 0.29) is 24.3 Å². The Labute approximate surface area is 205 Å². The summed E-state index contributed by atoms with van der Waals surface area (Å²) in [7, 11) is 3.28. The molecule has 0 bridgehead atoms. The first-order valence-corrected chi connectivity index (χ1v) is 11.7. The maximum atomic E-state index is 13.2. The summed E-state index contributed by atoms with van der Waals surface area (Å²) in [6, 6.07) is 9.75. The van der Waals surface area contributed by atoms with Gasteiger partial charge in [0, 0.05) is 44.4 Å². The molecule has 35 heavy (non-hydrogen) atoms. The molecule has 2 heterocycles. The van der Waals surface area contributed by atoms with Gasteiger partial charge in [-0.15, -0.1) is 0 Å². The van der Waals surface area contributed by atoms with Crippen molar-refractivity contribution < 1.29 is 14.3 Å². The van der Waals surface area contributed by atoms with Crippen LogP contribution in [-0.2, 0) is 19.7 Å². The second kappa shape index (κ2) is 10.1. The predicted octanol–water partition coefficient (Wildman–Crippen LogP) is 2.63. The largest absolute Gasteiger partial charge is 0.486 e. The summed E-state index contributed by atoms with van der Waals surface area (Å²) in [5.74, 6) is 0.599. The van der Waals surface area contributed by atoms with Crippen molar-refractivity contribution in [3.05, 3.63) is 53.8 Å². The van der Waals surface area contributed by atoms with Crippen LogP contribution in [0.1, 0.15) is 31.2 Å². The van der Waals surface area contributed by atoms with Crippen LogP contribution in [0.5, 0.6) is 0 Å². The Hall–Kier alpha value is -3.93. The molecule has 1 fully saturated rings. The van der Waals surface area contributed by atoms with Crippen molar-refractivity contribution >= 4 is 29.7 Å². The molecule has 4 rings (SSSR count). The smallest absolute Gasteiger partial charge is 0.246 e. The number of anilines is 1. The average Bonchev–Trinajstić information content (AvgIpc) is 3.14. The maximum Gasteiger partial charge on any atom is 0.246 e. The van der Waals surface area contributed by atoms with Gasteiger partial charge < -0.3 is 19.9 Å². The van der Waals surface area contributed by atoms with E-state index >= 15 is 0 Å². The fourth-order valence-electron chi connectivity index (χ4n) is 5.44. The van der Waals surface area contributed by atoms with Crippen LogP contribution in [0.15, 0.2) is 58.2 Å². The van der Waals surface area contributed by atoms with Crippen molar-refractivity contribution in [2.24, 2.45) is 9.98 Å². The average molecular weight is 475 g/mol. The van der Waals surface area contributed by atoms with Gasteiger partial charge in [0.15, 0.2) is 6.40 Å².